The molecule has 1 unspecified atom stereocenters. The van der Waals surface area contributed by atoms with Gasteiger partial charge in [0.25, 0.3) is 5.91 Å². The van der Waals surface area contributed by atoms with Crippen LogP contribution in [0.4, 0.5) is 27.8 Å². The lowest BCUT2D eigenvalue weighted by Crippen LogP contribution is -2.51. The number of anilines is 4. The van der Waals surface area contributed by atoms with E-state index in [-0.39, 0.29) is 18.0 Å². The lowest BCUT2D eigenvalue weighted by molar-refractivity contribution is -0.124. The minimum Gasteiger partial charge on any atom is -0.368 e. The predicted molar refractivity (Wildman–Crippen MR) is 148 cm³/mol. The first-order valence-electron chi connectivity index (χ1n) is 13.1. The number of hydrogen-bond donors (Lipinski definition) is 3. The molecule has 5 rings (SSSR count). The third-order valence-electron chi connectivity index (χ3n) is 6.71. The minimum atomic E-state index is -0.358. The average Bonchev–Trinajstić information content (AvgIpc) is 3.50. The van der Waals surface area contributed by atoms with Gasteiger partial charge in [0.05, 0.1) is 5.69 Å². The van der Waals surface area contributed by atoms with Crippen LogP contribution in [0, 0.1) is 0 Å². The Kier molecular flexibility index (Phi) is 7.98. The summed E-state index contributed by atoms with van der Waals surface area (Å²) >= 11 is 0. The standard InChI is InChI=1S/C28H33N7O3/c1-2-29-28(37)35-17-15-34(16-18-35)23-11-9-22(10-12-23)32-27-30-14-13-24(33-27)20-5-7-21(8-6-20)31-26(36)25-4-3-19-38-25/h5-14,25H,2-4,15-19H2,1H3,(H,29,37)(H,31,36)(H,30,32,33). The van der Waals surface area contributed by atoms with Gasteiger partial charge < -0.3 is 30.5 Å². The molecule has 1 atom stereocenters. The lowest BCUT2D eigenvalue weighted by atomic mass is 10.1. The maximum atomic E-state index is 12.3. The van der Waals surface area contributed by atoms with E-state index >= 15 is 0 Å². The molecule has 3 heterocycles. The number of nitrogens with zero attached hydrogens (tertiary/aromatic N) is 4. The fourth-order valence-corrected chi connectivity index (χ4v) is 4.63. The van der Waals surface area contributed by atoms with Gasteiger partial charge in [-0.05, 0) is 62.2 Å². The average molecular weight is 516 g/mol. The summed E-state index contributed by atoms with van der Waals surface area (Å²) in [5.74, 6) is 0.401. The fraction of sp³-hybridized carbons (Fsp3) is 0.357. The van der Waals surface area contributed by atoms with Crippen LogP contribution >= 0.6 is 0 Å². The molecule has 0 saturated carbocycles. The smallest absolute Gasteiger partial charge is 0.317 e. The topological polar surface area (TPSA) is 112 Å². The van der Waals surface area contributed by atoms with E-state index in [2.05, 4.69) is 43.0 Å². The van der Waals surface area contributed by atoms with Crippen LogP contribution in [-0.4, -0.2) is 72.2 Å². The number of carbonyl (C=O) groups is 2. The SMILES string of the molecule is CCNC(=O)N1CCN(c2ccc(Nc3nccc(-c4ccc(NC(=O)C5CCCO5)cc4)n3)cc2)CC1. The first kappa shape index (κ1) is 25.5. The summed E-state index contributed by atoms with van der Waals surface area (Å²) in [6, 6.07) is 17.6. The van der Waals surface area contributed by atoms with Crippen molar-refractivity contribution >= 4 is 34.9 Å². The van der Waals surface area contributed by atoms with Crippen molar-refractivity contribution in [1.29, 1.82) is 0 Å². The number of hydrogen-bond acceptors (Lipinski definition) is 7. The first-order chi connectivity index (χ1) is 18.6. The van der Waals surface area contributed by atoms with E-state index in [1.54, 1.807) is 6.20 Å². The Balaban J connectivity index is 1.17. The highest BCUT2D eigenvalue weighted by Crippen LogP contribution is 2.24. The summed E-state index contributed by atoms with van der Waals surface area (Å²) in [4.78, 5) is 37.5. The van der Waals surface area contributed by atoms with Gasteiger partial charge in [-0.3, -0.25) is 4.79 Å². The van der Waals surface area contributed by atoms with E-state index < -0.39 is 0 Å². The molecule has 0 radical (unpaired) electrons. The number of amides is 3. The van der Waals surface area contributed by atoms with Crippen LogP contribution in [0.5, 0.6) is 0 Å². The Labute approximate surface area is 222 Å². The zero-order valence-electron chi connectivity index (χ0n) is 21.5. The number of nitrogens with one attached hydrogen (secondary N) is 3. The molecular formula is C28H33N7O3. The summed E-state index contributed by atoms with van der Waals surface area (Å²) in [5, 5.41) is 9.05. The van der Waals surface area contributed by atoms with Crippen LogP contribution in [0.2, 0.25) is 0 Å². The lowest BCUT2D eigenvalue weighted by Gasteiger charge is -2.36. The van der Waals surface area contributed by atoms with Crippen LogP contribution in [-0.2, 0) is 9.53 Å². The molecule has 198 valence electrons. The monoisotopic (exact) mass is 515 g/mol. The second-order valence-corrected chi connectivity index (χ2v) is 9.32. The quantitative estimate of drug-likeness (QED) is 0.438. The molecule has 0 bridgehead atoms. The molecule has 2 saturated heterocycles. The summed E-state index contributed by atoms with van der Waals surface area (Å²) in [6.45, 7) is 6.21. The van der Waals surface area contributed by atoms with E-state index in [4.69, 9.17) is 4.74 Å². The predicted octanol–water partition coefficient (Wildman–Crippen LogP) is 3.86. The van der Waals surface area contributed by atoms with Crippen LogP contribution in [0.15, 0.2) is 60.8 Å². The van der Waals surface area contributed by atoms with Gasteiger partial charge in [0, 0.05) is 68.2 Å². The zero-order chi connectivity index (χ0) is 26.3. The van der Waals surface area contributed by atoms with Gasteiger partial charge in [0.1, 0.15) is 6.10 Å². The zero-order valence-corrected chi connectivity index (χ0v) is 21.5. The van der Waals surface area contributed by atoms with Crippen LogP contribution < -0.4 is 20.9 Å². The van der Waals surface area contributed by atoms with Gasteiger partial charge in [-0.25, -0.2) is 14.8 Å². The number of benzene rings is 2. The molecule has 2 aromatic carbocycles. The van der Waals surface area contributed by atoms with Crippen molar-refractivity contribution in [3.8, 4) is 11.3 Å². The summed E-state index contributed by atoms with van der Waals surface area (Å²) < 4.78 is 5.45. The van der Waals surface area contributed by atoms with Crippen molar-refractivity contribution in [1.82, 2.24) is 20.2 Å². The van der Waals surface area contributed by atoms with Crippen molar-refractivity contribution in [2.45, 2.75) is 25.9 Å². The number of rotatable bonds is 7. The Morgan fingerprint density at radius 2 is 1.71 bits per heavy atom. The Morgan fingerprint density at radius 3 is 2.39 bits per heavy atom. The van der Waals surface area contributed by atoms with Crippen LogP contribution in [0.1, 0.15) is 19.8 Å². The normalized spacial score (nSPS) is 17.2. The van der Waals surface area contributed by atoms with Crippen molar-refractivity contribution in [3.63, 3.8) is 0 Å². The third kappa shape index (κ3) is 6.20. The number of ether oxygens (including phenoxy) is 1. The highest BCUT2D eigenvalue weighted by molar-refractivity contribution is 5.94. The van der Waals surface area contributed by atoms with Gasteiger partial charge >= 0.3 is 6.03 Å². The molecule has 10 heteroatoms. The minimum absolute atomic E-state index is 0.00561. The van der Waals surface area contributed by atoms with E-state index in [0.29, 0.717) is 32.2 Å². The van der Waals surface area contributed by atoms with Gasteiger partial charge in [0.15, 0.2) is 0 Å². The van der Waals surface area contributed by atoms with Gasteiger partial charge in [-0.2, -0.15) is 0 Å². The summed E-state index contributed by atoms with van der Waals surface area (Å²) in [6.07, 6.45) is 3.05. The molecule has 2 aliphatic heterocycles. The highest BCUT2D eigenvalue weighted by atomic mass is 16.5. The molecule has 1 aromatic heterocycles. The molecule has 2 aliphatic rings. The Hall–Kier alpha value is -4.18. The fourth-order valence-electron chi connectivity index (χ4n) is 4.63. The Morgan fingerprint density at radius 1 is 0.974 bits per heavy atom. The van der Waals surface area contributed by atoms with Crippen molar-refractivity contribution in [2.75, 3.05) is 54.9 Å². The molecule has 3 aromatic rings. The molecular weight excluding hydrogens is 482 g/mol. The number of aromatic nitrogens is 2. The van der Waals surface area contributed by atoms with E-state index in [1.165, 1.54) is 0 Å². The molecule has 3 N–H and O–H groups in total. The molecule has 2 fully saturated rings. The van der Waals surface area contributed by atoms with Gasteiger partial charge in [-0.1, -0.05) is 12.1 Å². The second-order valence-electron chi connectivity index (χ2n) is 9.32. The number of carbonyl (C=O) groups excluding carboxylic acids is 2. The second kappa shape index (κ2) is 11.9. The highest BCUT2D eigenvalue weighted by Gasteiger charge is 2.23. The van der Waals surface area contributed by atoms with Crippen LogP contribution in [0.25, 0.3) is 11.3 Å². The van der Waals surface area contributed by atoms with Crippen molar-refractivity contribution in [2.24, 2.45) is 0 Å². The molecule has 0 spiro atoms. The van der Waals surface area contributed by atoms with Gasteiger partial charge in [0.2, 0.25) is 5.95 Å². The van der Waals surface area contributed by atoms with Gasteiger partial charge in [-0.15, -0.1) is 0 Å². The molecule has 10 nitrogen and oxygen atoms in total. The summed E-state index contributed by atoms with van der Waals surface area (Å²) in [7, 11) is 0. The van der Waals surface area contributed by atoms with Crippen molar-refractivity contribution < 1.29 is 14.3 Å². The molecule has 0 aliphatic carbocycles. The molecule has 38 heavy (non-hydrogen) atoms. The van der Waals surface area contributed by atoms with E-state index in [1.807, 2.05) is 54.3 Å². The van der Waals surface area contributed by atoms with Crippen molar-refractivity contribution in [3.05, 3.63) is 60.8 Å². The number of piperazine rings is 1. The maximum absolute atomic E-state index is 12.3. The maximum Gasteiger partial charge on any atom is 0.317 e. The molecule has 3 amide bonds. The third-order valence-corrected chi connectivity index (χ3v) is 6.71. The largest absolute Gasteiger partial charge is 0.368 e. The first-order valence-corrected chi connectivity index (χ1v) is 13.1. The Bertz CT molecular complexity index is 1240. The van der Waals surface area contributed by atoms with E-state index in [0.717, 1.165) is 54.3 Å². The number of urea groups is 1. The van der Waals surface area contributed by atoms with E-state index in [9.17, 15) is 9.59 Å². The van der Waals surface area contributed by atoms with Crippen LogP contribution in [0.3, 0.4) is 0 Å². The summed E-state index contributed by atoms with van der Waals surface area (Å²) in [5.41, 5.74) is 4.44.